The third-order valence-electron chi connectivity index (χ3n) is 7.67. The Morgan fingerprint density at radius 3 is 2.31 bits per heavy atom. The van der Waals surface area contributed by atoms with E-state index in [-0.39, 0.29) is 36.6 Å². The number of hydrogen-bond acceptors (Lipinski definition) is 5. The van der Waals surface area contributed by atoms with Crippen LogP contribution in [0.3, 0.4) is 0 Å². The minimum Gasteiger partial charge on any atom is -0.498 e. The largest absolute Gasteiger partial charge is 0.498 e. The molecule has 4 nitrogen and oxygen atoms in total. The summed E-state index contributed by atoms with van der Waals surface area (Å²) < 4.78 is 78.2. The predicted molar refractivity (Wildman–Crippen MR) is 203 cm³/mol. The van der Waals surface area contributed by atoms with E-state index in [9.17, 15) is 0 Å². The molecule has 0 aliphatic carbocycles. The Morgan fingerprint density at radius 1 is 0.898 bits per heavy atom. The normalized spacial score (nSPS) is 15.7. The molecule has 0 saturated carbocycles. The van der Waals surface area contributed by atoms with Crippen LogP contribution >= 0.6 is 11.3 Å². The molecule has 7 aromatic rings. The maximum Gasteiger partial charge on any atom is 0.148 e. The van der Waals surface area contributed by atoms with Gasteiger partial charge in [0.15, 0.2) is 0 Å². The van der Waals surface area contributed by atoms with Gasteiger partial charge in [-0.2, -0.15) is 0 Å². The van der Waals surface area contributed by atoms with Gasteiger partial charge in [-0.25, -0.2) is 4.98 Å². The van der Waals surface area contributed by atoms with Crippen LogP contribution in [0.2, 0.25) is 0 Å². The first kappa shape index (κ1) is 26.2. The zero-order valence-electron chi connectivity index (χ0n) is 37.9. The third kappa shape index (κ3) is 8.04. The minimum atomic E-state index is -2.35. The molecule has 0 saturated heterocycles. The summed E-state index contributed by atoms with van der Waals surface area (Å²) in [5.41, 5.74) is 5.33. The van der Waals surface area contributed by atoms with E-state index >= 15 is 0 Å². The summed E-state index contributed by atoms with van der Waals surface area (Å²) in [7, 11) is 0. The summed E-state index contributed by atoms with van der Waals surface area (Å²) in [5, 5.41) is 2.93. The van der Waals surface area contributed by atoms with Gasteiger partial charge < -0.3 is 14.4 Å². The van der Waals surface area contributed by atoms with Crippen LogP contribution in [-0.4, -0.2) is 15.0 Å². The van der Waals surface area contributed by atoms with Gasteiger partial charge >= 0.3 is 0 Å². The number of fused-ring (bicyclic) bond motifs is 5. The number of nitrogens with zero attached hydrogens (tertiary/aromatic N) is 3. The molecule has 0 N–H and O–H groups in total. The molecule has 0 fully saturated rings. The molecule has 7 rings (SSSR count). The number of furan rings is 1. The van der Waals surface area contributed by atoms with Crippen LogP contribution in [0.15, 0.2) is 77.5 Å². The average Bonchev–Trinajstić information content (AvgIpc) is 3.73. The van der Waals surface area contributed by atoms with E-state index in [0.29, 0.717) is 39.2 Å². The maximum atomic E-state index is 8.53. The van der Waals surface area contributed by atoms with Crippen molar-refractivity contribution in [1.82, 2.24) is 15.0 Å². The number of hydrogen-bond donors (Lipinski definition) is 0. The van der Waals surface area contributed by atoms with E-state index in [1.807, 2.05) is 32.9 Å². The van der Waals surface area contributed by atoms with Crippen molar-refractivity contribution in [2.45, 2.75) is 86.8 Å². The summed E-state index contributed by atoms with van der Waals surface area (Å²) in [6, 6.07) is 23.9. The van der Waals surface area contributed by atoms with Gasteiger partial charge in [0.2, 0.25) is 0 Å². The van der Waals surface area contributed by atoms with E-state index in [0.717, 1.165) is 31.6 Å². The second-order valence-electron chi connectivity index (χ2n) is 14.2. The van der Waals surface area contributed by atoms with E-state index in [4.69, 9.17) is 21.7 Å². The van der Waals surface area contributed by atoms with Gasteiger partial charge in [-0.05, 0) is 58.7 Å². The molecule has 0 unspecified atom stereocenters. The summed E-state index contributed by atoms with van der Waals surface area (Å²) in [6.07, 6.45) is 1.40. The van der Waals surface area contributed by atoms with E-state index in [1.165, 1.54) is 18.5 Å². The third-order valence-corrected chi connectivity index (χ3v) is 9.12. The Hall–Kier alpha value is -3.70. The molecule has 0 atom stereocenters. The number of aryl methyl sites for hydroxylation is 2. The molecule has 0 spiro atoms. The van der Waals surface area contributed by atoms with E-state index in [1.54, 1.807) is 55.5 Å². The average molecular weight is 853 g/mol. The van der Waals surface area contributed by atoms with Crippen LogP contribution in [0, 0.1) is 31.3 Å². The fourth-order valence-corrected chi connectivity index (χ4v) is 6.37. The smallest absolute Gasteiger partial charge is 0.148 e. The van der Waals surface area contributed by atoms with Crippen molar-refractivity contribution < 1.29 is 36.9 Å². The Morgan fingerprint density at radius 2 is 1.67 bits per heavy atom. The summed E-state index contributed by atoms with van der Waals surface area (Å²) >= 11 is 1.67. The zero-order chi connectivity index (χ0) is 42.1. The second kappa shape index (κ2) is 14.3. The SMILES string of the molecule is [2H]C([2H])([2H])c1c[c-]c(-c2ccc(C([2H])([2H])C(C)(C)C)cn2)cc1.[2H]C([2H])([2H])c1cnc(-c2[c-]ccc3c2oc2c3ccc3sc(C(C)(C)C)nc32)cc1C([2H])(C)C.[Ir]. The summed E-state index contributed by atoms with van der Waals surface area (Å²) in [5.74, 6) is -1.11. The first-order valence-corrected chi connectivity index (χ1v) is 16.7. The van der Waals surface area contributed by atoms with Gasteiger partial charge in [0.1, 0.15) is 11.1 Å². The molecule has 0 bridgehead atoms. The molecule has 49 heavy (non-hydrogen) atoms. The van der Waals surface area contributed by atoms with Crippen molar-refractivity contribution in [2.75, 3.05) is 0 Å². The topological polar surface area (TPSA) is 51.8 Å². The molecular weight excluding hydrogens is 799 g/mol. The zero-order valence-corrected chi connectivity index (χ0v) is 32.1. The van der Waals surface area contributed by atoms with Gasteiger partial charge in [0.05, 0.1) is 15.3 Å². The van der Waals surface area contributed by atoms with Crippen LogP contribution in [0.5, 0.6) is 0 Å². The summed E-state index contributed by atoms with van der Waals surface area (Å²) in [6.45, 7) is 10.9. The predicted octanol–water partition coefficient (Wildman–Crippen LogP) is 12.2. The van der Waals surface area contributed by atoms with E-state index in [2.05, 4.69) is 55.0 Å². The van der Waals surface area contributed by atoms with Crippen molar-refractivity contribution in [3.05, 3.63) is 112 Å². The van der Waals surface area contributed by atoms with Crippen LogP contribution in [0.4, 0.5) is 0 Å². The molecule has 6 heteroatoms. The van der Waals surface area contributed by atoms with Crippen molar-refractivity contribution in [3.8, 4) is 22.5 Å². The first-order valence-electron chi connectivity index (χ1n) is 20.4. The molecule has 4 heterocycles. The molecule has 0 aliphatic rings. The fourth-order valence-electron chi connectivity index (χ4n) is 5.35. The monoisotopic (exact) mass is 853 g/mol. The molecule has 1 radical (unpaired) electrons. The summed E-state index contributed by atoms with van der Waals surface area (Å²) in [4.78, 5) is 13.7. The van der Waals surface area contributed by atoms with Crippen molar-refractivity contribution >= 4 is 43.5 Å². The van der Waals surface area contributed by atoms with Gasteiger partial charge in [-0.1, -0.05) is 97.5 Å². The van der Waals surface area contributed by atoms with E-state index < -0.39 is 31.4 Å². The number of pyridine rings is 2. The molecule has 0 aliphatic heterocycles. The molecule has 3 aromatic carbocycles. The standard InChI is InChI=1S/C26H25N2OS.C17H20N.Ir/c1-14(2)19-12-20(27-13-15(19)3)18-9-7-8-16-17-10-11-21-22(24(17)29-23(16)18)28-25(30-21)26(4,5)6;1-13-5-8-15(9-6-13)16-10-7-14(12-18-16)11-17(2,3)4;/h7-8,10-14H,1-6H3;5-8,10,12H,11H2,1-4H3;/q2*-1;/i3D3,14D;1D3,11D2;. The van der Waals surface area contributed by atoms with Gasteiger partial charge in [0, 0.05) is 55.6 Å². The Labute approximate surface area is 321 Å². The van der Waals surface area contributed by atoms with Gasteiger partial charge in [0.25, 0.3) is 0 Å². The molecule has 255 valence electrons. The quantitative estimate of drug-likeness (QED) is 0.166. The van der Waals surface area contributed by atoms with Crippen molar-refractivity contribution in [1.29, 1.82) is 0 Å². The van der Waals surface area contributed by atoms with Crippen LogP contribution in [0.1, 0.15) is 101 Å². The van der Waals surface area contributed by atoms with Crippen LogP contribution in [0.25, 0.3) is 54.7 Å². The Bertz CT molecular complexity index is 2570. The van der Waals surface area contributed by atoms with Gasteiger partial charge in [-0.3, -0.25) is 0 Å². The molecular formula is C43H45IrN3OS-2. The van der Waals surface area contributed by atoms with Crippen molar-refractivity contribution in [3.63, 3.8) is 0 Å². The number of thiazole rings is 1. The molecule has 4 aromatic heterocycles. The van der Waals surface area contributed by atoms with Gasteiger partial charge in [-0.15, -0.1) is 64.9 Å². The first-order chi connectivity index (χ1) is 26.2. The fraction of sp³-hybridized carbons (Fsp3) is 0.326. The van der Waals surface area contributed by atoms with Crippen LogP contribution < -0.4 is 0 Å². The number of benzene rings is 3. The van der Waals surface area contributed by atoms with Crippen LogP contribution in [-0.2, 0) is 31.9 Å². The Kier molecular flexibility index (Phi) is 7.62. The Balaban J connectivity index is 0.000000234. The number of rotatable bonds is 4. The second-order valence-corrected chi connectivity index (χ2v) is 15.2. The maximum absolute atomic E-state index is 8.53. The van der Waals surface area contributed by atoms with Crippen molar-refractivity contribution in [2.24, 2.45) is 5.41 Å². The minimum absolute atomic E-state index is 0. The molecule has 0 amide bonds. The number of aromatic nitrogens is 3.